The maximum atomic E-state index is 12.4. The van der Waals surface area contributed by atoms with Crippen molar-refractivity contribution in [2.24, 2.45) is 5.92 Å². The van der Waals surface area contributed by atoms with Gasteiger partial charge in [0.1, 0.15) is 6.10 Å². The first-order valence-electron chi connectivity index (χ1n) is 7.10. The van der Waals surface area contributed by atoms with Crippen molar-refractivity contribution in [2.45, 2.75) is 69.2 Å². The Morgan fingerprint density at radius 2 is 2.00 bits per heavy atom. The highest BCUT2D eigenvalue weighted by Gasteiger charge is 2.65. The second-order valence-electron chi connectivity index (χ2n) is 7.13. The topological polar surface area (TPSA) is 76.0 Å². The molecule has 5 atom stereocenters. The van der Waals surface area contributed by atoms with Crippen molar-refractivity contribution in [3.8, 4) is 0 Å². The van der Waals surface area contributed by atoms with Crippen molar-refractivity contribution in [1.82, 2.24) is 0 Å². The minimum absolute atomic E-state index is 0.145. The minimum Gasteiger partial charge on any atom is -0.387 e. The molecular formula is C15H22O5. The number of ether oxygens (including phenoxy) is 2. The van der Waals surface area contributed by atoms with Crippen molar-refractivity contribution in [3.63, 3.8) is 0 Å². The number of fused-ring (bicyclic) bond motifs is 1. The Labute approximate surface area is 118 Å². The van der Waals surface area contributed by atoms with Crippen LogP contribution >= 0.6 is 0 Å². The van der Waals surface area contributed by atoms with Gasteiger partial charge in [-0.15, -0.1) is 0 Å². The largest absolute Gasteiger partial charge is 0.387 e. The van der Waals surface area contributed by atoms with Crippen LogP contribution in [0.3, 0.4) is 0 Å². The van der Waals surface area contributed by atoms with Gasteiger partial charge in [-0.05, 0) is 39.2 Å². The van der Waals surface area contributed by atoms with E-state index in [1.165, 1.54) is 0 Å². The van der Waals surface area contributed by atoms with Crippen LogP contribution < -0.4 is 0 Å². The van der Waals surface area contributed by atoms with Gasteiger partial charge in [-0.2, -0.15) is 0 Å². The van der Waals surface area contributed by atoms with Crippen molar-refractivity contribution in [2.75, 3.05) is 0 Å². The Hall–Kier alpha value is -0.750. The Balaban J connectivity index is 1.96. The standard InChI is InChI=1S/C15H22O5/c1-8-9-5-6-14(4,18)12(17)11(9)19-15(8)10(16)7-13(2,3)20-15/h9,11-12,17-18H,1,5-7H2,2-4H3. The minimum atomic E-state index is -1.43. The van der Waals surface area contributed by atoms with Crippen LogP contribution in [0.5, 0.6) is 0 Å². The van der Waals surface area contributed by atoms with E-state index in [1.807, 2.05) is 13.8 Å². The van der Waals surface area contributed by atoms with E-state index in [0.29, 0.717) is 18.4 Å². The van der Waals surface area contributed by atoms with Crippen LogP contribution in [0, 0.1) is 5.92 Å². The Kier molecular flexibility index (Phi) is 2.78. The Morgan fingerprint density at radius 3 is 2.55 bits per heavy atom. The van der Waals surface area contributed by atoms with E-state index in [-0.39, 0.29) is 18.1 Å². The molecule has 0 aromatic carbocycles. The molecule has 3 rings (SSSR count). The summed E-state index contributed by atoms with van der Waals surface area (Å²) in [4.78, 5) is 12.4. The quantitative estimate of drug-likeness (QED) is 0.646. The summed E-state index contributed by atoms with van der Waals surface area (Å²) in [6.07, 6.45) is -0.336. The highest BCUT2D eigenvalue weighted by molar-refractivity contribution is 5.92. The normalized spacial score (nSPS) is 50.8. The molecule has 1 saturated carbocycles. The molecule has 2 aliphatic heterocycles. The van der Waals surface area contributed by atoms with Gasteiger partial charge in [-0.25, -0.2) is 0 Å². The fourth-order valence-corrected chi connectivity index (χ4v) is 3.68. The predicted molar refractivity (Wildman–Crippen MR) is 70.9 cm³/mol. The van der Waals surface area contributed by atoms with E-state index in [1.54, 1.807) is 6.92 Å². The second kappa shape index (κ2) is 3.91. The number of Topliss-reactive ketones (excluding diaryl/α,β-unsaturated/α-hetero) is 1. The molecular weight excluding hydrogens is 260 g/mol. The number of aliphatic hydroxyl groups is 2. The van der Waals surface area contributed by atoms with Gasteiger partial charge in [-0.3, -0.25) is 4.79 Å². The van der Waals surface area contributed by atoms with E-state index in [2.05, 4.69) is 6.58 Å². The molecule has 2 N–H and O–H groups in total. The van der Waals surface area contributed by atoms with Gasteiger partial charge in [0.25, 0.3) is 5.79 Å². The molecule has 0 aromatic rings. The fraction of sp³-hybridized carbons (Fsp3) is 0.800. The van der Waals surface area contributed by atoms with Crippen LogP contribution in [-0.4, -0.2) is 45.2 Å². The maximum Gasteiger partial charge on any atom is 0.253 e. The van der Waals surface area contributed by atoms with Crippen molar-refractivity contribution >= 4 is 5.78 Å². The third kappa shape index (κ3) is 1.73. The maximum absolute atomic E-state index is 12.4. The summed E-state index contributed by atoms with van der Waals surface area (Å²) in [6.45, 7) is 9.27. The summed E-state index contributed by atoms with van der Waals surface area (Å²) in [5.41, 5.74) is -1.21. The highest BCUT2D eigenvalue weighted by atomic mass is 16.7. The van der Waals surface area contributed by atoms with Crippen LogP contribution in [0.4, 0.5) is 0 Å². The lowest BCUT2D eigenvalue weighted by atomic mass is 9.73. The zero-order chi connectivity index (χ0) is 14.9. The van der Waals surface area contributed by atoms with Gasteiger partial charge < -0.3 is 19.7 Å². The zero-order valence-electron chi connectivity index (χ0n) is 12.2. The van der Waals surface area contributed by atoms with E-state index in [4.69, 9.17) is 9.47 Å². The molecule has 2 saturated heterocycles. The van der Waals surface area contributed by atoms with E-state index < -0.39 is 29.2 Å². The molecule has 20 heavy (non-hydrogen) atoms. The molecule has 3 aliphatic rings. The number of hydrogen-bond acceptors (Lipinski definition) is 5. The number of hydrogen-bond donors (Lipinski definition) is 2. The van der Waals surface area contributed by atoms with Gasteiger partial charge in [0.2, 0.25) is 0 Å². The number of carbonyl (C=O) groups excluding carboxylic acids is 1. The van der Waals surface area contributed by atoms with Crippen molar-refractivity contribution < 1.29 is 24.5 Å². The second-order valence-corrected chi connectivity index (χ2v) is 7.13. The zero-order valence-corrected chi connectivity index (χ0v) is 12.2. The Morgan fingerprint density at radius 1 is 1.35 bits per heavy atom. The first kappa shape index (κ1) is 14.2. The first-order chi connectivity index (χ1) is 9.09. The summed E-state index contributed by atoms with van der Waals surface area (Å²) < 4.78 is 11.7. The van der Waals surface area contributed by atoms with Crippen LogP contribution in [0.1, 0.15) is 40.0 Å². The first-order valence-corrected chi connectivity index (χ1v) is 7.10. The van der Waals surface area contributed by atoms with Crippen LogP contribution in [-0.2, 0) is 14.3 Å². The van der Waals surface area contributed by atoms with Gasteiger partial charge in [0.05, 0.1) is 17.3 Å². The molecule has 1 spiro atoms. The predicted octanol–water partition coefficient (Wildman–Crippen LogP) is 0.928. The SMILES string of the molecule is C=C1C2CCC(C)(O)C(O)C2OC12OC(C)(C)CC2=O. The molecule has 1 aliphatic carbocycles. The van der Waals surface area contributed by atoms with Gasteiger partial charge >= 0.3 is 0 Å². The number of ketones is 1. The summed E-state index contributed by atoms with van der Waals surface area (Å²) in [6, 6.07) is 0. The van der Waals surface area contributed by atoms with E-state index >= 15 is 0 Å². The van der Waals surface area contributed by atoms with Crippen molar-refractivity contribution in [1.29, 1.82) is 0 Å². The van der Waals surface area contributed by atoms with Crippen LogP contribution in [0.15, 0.2) is 12.2 Å². The molecule has 5 heteroatoms. The molecule has 0 aromatic heterocycles. The fourth-order valence-electron chi connectivity index (χ4n) is 3.68. The molecule has 3 fully saturated rings. The smallest absolute Gasteiger partial charge is 0.253 e. The summed E-state index contributed by atoms with van der Waals surface area (Å²) in [7, 11) is 0. The van der Waals surface area contributed by atoms with Gasteiger partial charge in [0, 0.05) is 12.3 Å². The van der Waals surface area contributed by atoms with E-state index in [0.717, 1.165) is 0 Å². The molecule has 112 valence electrons. The number of carbonyl (C=O) groups is 1. The molecule has 0 bridgehead atoms. The average Bonchev–Trinajstić information content (AvgIpc) is 2.71. The lowest BCUT2D eigenvalue weighted by molar-refractivity contribution is -0.243. The summed E-state index contributed by atoms with van der Waals surface area (Å²) in [5, 5.41) is 20.5. The number of aliphatic hydroxyl groups excluding tert-OH is 1. The van der Waals surface area contributed by atoms with Crippen molar-refractivity contribution in [3.05, 3.63) is 12.2 Å². The Bertz CT molecular complexity index is 481. The molecule has 5 unspecified atom stereocenters. The number of rotatable bonds is 0. The van der Waals surface area contributed by atoms with Crippen LogP contribution in [0.25, 0.3) is 0 Å². The monoisotopic (exact) mass is 282 g/mol. The average molecular weight is 282 g/mol. The van der Waals surface area contributed by atoms with Gasteiger partial charge in [-0.1, -0.05) is 6.58 Å². The summed E-state index contributed by atoms with van der Waals surface area (Å²) in [5.74, 6) is -1.72. The molecule has 5 nitrogen and oxygen atoms in total. The highest BCUT2D eigenvalue weighted by Crippen LogP contribution is 2.53. The van der Waals surface area contributed by atoms with Crippen LogP contribution in [0.2, 0.25) is 0 Å². The van der Waals surface area contributed by atoms with E-state index in [9.17, 15) is 15.0 Å². The summed E-state index contributed by atoms with van der Waals surface area (Å²) >= 11 is 0. The third-order valence-electron chi connectivity index (χ3n) is 4.85. The third-order valence-corrected chi connectivity index (χ3v) is 4.85. The lowest BCUT2D eigenvalue weighted by Crippen LogP contribution is -2.53. The molecule has 0 amide bonds. The van der Waals surface area contributed by atoms with Gasteiger partial charge in [0.15, 0.2) is 5.78 Å². The molecule has 0 radical (unpaired) electrons. The molecule has 2 heterocycles. The lowest BCUT2D eigenvalue weighted by Gasteiger charge is -2.40.